The van der Waals surface area contributed by atoms with Gasteiger partial charge in [0.05, 0.1) is 0 Å². The van der Waals surface area contributed by atoms with E-state index in [1.165, 1.54) is 13.0 Å². The first-order valence-corrected chi connectivity index (χ1v) is 8.11. The van der Waals surface area contributed by atoms with Gasteiger partial charge in [0.25, 0.3) is 0 Å². The van der Waals surface area contributed by atoms with Gasteiger partial charge in [0.1, 0.15) is 0 Å². The summed E-state index contributed by atoms with van der Waals surface area (Å²) in [6.07, 6.45) is 1.35. The Balaban J connectivity index is 4.74. The minimum absolute atomic E-state index is 0.508. The van der Waals surface area contributed by atoms with E-state index < -0.39 is 0 Å². The molecule has 0 saturated heterocycles. The van der Waals surface area contributed by atoms with Crippen LogP contribution in [0.15, 0.2) is 0 Å². The molecule has 0 aliphatic heterocycles. The van der Waals surface area contributed by atoms with E-state index in [1.54, 1.807) is 0 Å². The van der Waals surface area contributed by atoms with E-state index in [2.05, 4.69) is 45.8 Å². The van der Waals surface area contributed by atoms with Crippen molar-refractivity contribution in [3.63, 3.8) is 0 Å². The molecule has 0 bridgehead atoms. The van der Waals surface area contributed by atoms with Crippen LogP contribution in [0.5, 0.6) is 0 Å². The maximum atomic E-state index is 3.56. The molecule has 2 heteroatoms. The third kappa shape index (κ3) is 3.58. The van der Waals surface area contributed by atoms with Gasteiger partial charge < -0.3 is 0 Å². The fourth-order valence-corrected chi connectivity index (χ4v) is 4.09. The van der Waals surface area contributed by atoms with E-state index >= 15 is 0 Å². The zero-order valence-corrected chi connectivity index (χ0v) is 15.3. The molecule has 0 rings (SSSR count). The third-order valence-electron chi connectivity index (χ3n) is 3.59. The molecule has 0 radical (unpaired) electrons. The Morgan fingerprint density at radius 2 is 1.43 bits per heavy atom. The Morgan fingerprint density at radius 1 is 1.00 bits per heavy atom. The van der Waals surface area contributed by atoms with Crippen molar-refractivity contribution in [3.8, 4) is 0 Å². The van der Waals surface area contributed by atoms with Crippen LogP contribution in [0.3, 0.4) is 0 Å². The molecule has 0 aliphatic carbocycles. The van der Waals surface area contributed by atoms with Gasteiger partial charge in [0.15, 0.2) is 0 Å². The zero-order chi connectivity index (χ0) is 11.4. The molecule has 0 aromatic rings. The summed E-state index contributed by atoms with van der Waals surface area (Å²) >= 11 is 0.777. The molecule has 0 amide bonds. The molecule has 0 aliphatic rings. The Bertz CT molecular complexity index is 144. The van der Waals surface area contributed by atoms with Crippen molar-refractivity contribution in [2.45, 2.75) is 48.0 Å². The van der Waals surface area contributed by atoms with Crippen LogP contribution in [-0.2, 0) is 0 Å². The van der Waals surface area contributed by atoms with Crippen molar-refractivity contribution in [1.29, 1.82) is 0 Å². The van der Waals surface area contributed by atoms with Gasteiger partial charge in [-0.1, -0.05) is 0 Å². The molecule has 86 valence electrons. The van der Waals surface area contributed by atoms with Crippen LogP contribution in [0.4, 0.5) is 0 Å². The molecule has 0 unspecified atom stereocenters. The summed E-state index contributed by atoms with van der Waals surface area (Å²) < 4.78 is 3.56. The monoisotopic (exact) mass is 261 g/mol. The van der Waals surface area contributed by atoms with Crippen LogP contribution in [-0.4, -0.2) is 23.3 Å². The second-order valence-corrected chi connectivity index (χ2v) is 7.15. The maximum absolute atomic E-state index is 3.56. The molecule has 1 N–H and O–H groups in total. The molecule has 0 fully saturated rings. The second-order valence-electron chi connectivity index (χ2n) is 5.67. The van der Waals surface area contributed by atoms with E-state index in [0.717, 1.165) is 34.5 Å². The average Bonchev–Trinajstić information content (AvgIpc) is 2.01. The van der Waals surface area contributed by atoms with Crippen molar-refractivity contribution >= 4 is 16.7 Å². The van der Waals surface area contributed by atoms with Gasteiger partial charge in [-0.25, -0.2) is 0 Å². The molecule has 0 heterocycles. The quantitative estimate of drug-likeness (QED) is 0.722. The Hall–Kier alpha value is 0.503. The van der Waals surface area contributed by atoms with Crippen LogP contribution < -0.4 is 4.27 Å². The predicted octanol–water partition coefficient (Wildman–Crippen LogP) is 2.20. The topological polar surface area (TPSA) is 12.0 Å². The van der Waals surface area contributed by atoms with Gasteiger partial charge in [0, 0.05) is 0 Å². The van der Waals surface area contributed by atoms with Gasteiger partial charge in [-0.2, -0.15) is 0 Å². The fourth-order valence-electron chi connectivity index (χ4n) is 2.71. The normalized spacial score (nSPS) is 13.5. The molecular formula is C12H29GeN. The third-order valence-corrected chi connectivity index (χ3v) is 4.34. The first-order valence-electron chi connectivity index (χ1n) is 6.01. The molecule has 1 nitrogen and oxygen atoms in total. The van der Waals surface area contributed by atoms with Crippen molar-refractivity contribution in [1.82, 2.24) is 4.27 Å². The Morgan fingerprint density at radius 3 is 1.64 bits per heavy atom. The van der Waals surface area contributed by atoms with Gasteiger partial charge in [0.2, 0.25) is 0 Å². The van der Waals surface area contributed by atoms with Gasteiger partial charge in [-0.3, -0.25) is 0 Å². The van der Waals surface area contributed by atoms with E-state index in [1.807, 2.05) is 0 Å². The first-order chi connectivity index (χ1) is 6.36. The SMILES string of the molecule is CC(C)CC(C[NH][GeH3])(C(C)C)C(C)C. The van der Waals surface area contributed by atoms with Crippen molar-refractivity contribution < 1.29 is 0 Å². The van der Waals surface area contributed by atoms with Crippen LogP contribution in [0.1, 0.15) is 48.0 Å². The number of nitrogens with one attached hydrogen (secondary N) is 1. The van der Waals surface area contributed by atoms with E-state index in [9.17, 15) is 0 Å². The molecular weight excluding hydrogens is 231 g/mol. The van der Waals surface area contributed by atoms with Crippen LogP contribution in [0.2, 0.25) is 0 Å². The fraction of sp³-hybridized carbons (Fsp3) is 1.00. The average molecular weight is 260 g/mol. The zero-order valence-electron chi connectivity index (χ0n) is 11.1. The van der Waals surface area contributed by atoms with Crippen molar-refractivity contribution in [2.75, 3.05) is 6.54 Å². The summed E-state index contributed by atoms with van der Waals surface area (Å²) in [5.74, 6) is 2.36. The minimum atomic E-state index is 0.508. The molecule has 0 aromatic carbocycles. The predicted molar refractivity (Wildman–Crippen MR) is 69.5 cm³/mol. The van der Waals surface area contributed by atoms with Gasteiger partial charge in [-0.05, 0) is 0 Å². The Kier molecular flexibility index (Phi) is 6.39. The molecule has 0 spiro atoms. The number of hydrogen-bond donors (Lipinski definition) is 1. The summed E-state index contributed by atoms with van der Waals surface area (Å²) in [7, 11) is 0. The van der Waals surface area contributed by atoms with Crippen LogP contribution in [0.25, 0.3) is 0 Å². The summed E-state index contributed by atoms with van der Waals surface area (Å²) in [6, 6.07) is 0. The standard InChI is InChI=1S/C12H29GeN/c1-9(2)7-12(8-14-13,10(3)4)11(5)6/h9-11,14H,7-8H2,1-6,13H3. The molecule has 14 heavy (non-hydrogen) atoms. The van der Waals surface area contributed by atoms with Crippen LogP contribution >= 0.6 is 0 Å². The van der Waals surface area contributed by atoms with Gasteiger partial charge in [-0.15, -0.1) is 0 Å². The summed E-state index contributed by atoms with van der Waals surface area (Å²) in [4.78, 5) is 0. The first kappa shape index (κ1) is 14.5. The second kappa shape index (κ2) is 6.17. The van der Waals surface area contributed by atoms with Crippen LogP contribution in [0, 0.1) is 23.2 Å². The summed E-state index contributed by atoms with van der Waals surface area (Å²) in [5.41, 5.74) is 0.508. The van der Waals surface area contributed by atoms with E-state index in [4.69, 9.17) is 0 Å². The number of hydrogen-bond acceptors (Lipinski definition) is 1. The molecule has 0 atom stereocenters. The molecule has 0 aromatic heterocycles. The van der Waals surface area contributed by atoms with Gasteiger partial charge >= 0.3 is 98.7 Å². The van der Waals surface area contributed by atoms with Crippen molar-refractivity contribution in [2.24, 2.45) is 23.2 Å². The number of rotatable bonds is 6. The Labute approximate surface area is 98.9 Å². The summed E-state index contributed by atoms with van der Waals surface area (Å²) in [6.45, 7) is 15.4. The molecule has 0 saturated carbocycles. The van der Waals surface area contributed by atoms with Crippen molar-refractivity contribution in [3.05, 3.63) is 0 Å². The van der Waals surface area contributed by atoms with E-state index in [-0.39, 0.29) is 0 Å². The van der Waals surface area contributed by atoms with E-state index in [0.29, 0.717) is 5.41 Å². The summed E-state index contributed by atoms with van der Waals surface area (Å²) in [5, 5.41) is 0.